The number of carboxylic acid groups (broad SMARTS) is 1. The summed E-state index contributed by atoms with van der Waals surface area (Å²) in [5.41, 5.74) is 2.19. The summed E-state index contributed by atoms with van der Waals surface area (Å²) in [6.45, 7) is 0.921. The molecule has 1 amide bonds. The van der Waals surface area contributed by atoms with Crippen LogP contribution in [0.3, 0.4) is 0 Å². The third kappa shape index (κ3) is 2.86. The Morgan fingerprint density at radius 3 is 2.55 bits per heavy atom. The number of carbonyl (C=O) groups is 1. The summed E-state index contributed by atoms with van der Waals surface area (Å²) in [5, 5.41) is 15.7. The number of H-pyrrole nitrogens is 1. The lowest BCUT2D eigenvalue weighted by molar-refractivity contribution is 0.132. The molecule has 1 aromatic heterocycles. The number of amides is 1. The Balaban J connectivity index is 1.85. The van der Waals surface area contributed by atoms with E-state index in [9.17, 15) is 9.59 Å². The molecule has 1 aromatic carbocycles. The molecule has 0 saturated carbocycles. The number of benzene rings is 1. The zero-order valence-corrected chi connectivity index (χ0v) is 12.0. The van der Waals surface area contributed by atoms with Crippen LogP contribution in [0.1, 0.15) is 24.3 Å². The minimum absolute atomic E-state index is 0.0739. The van der Waals surface area contributed by atoms with Gasteiger partial charge in [-0.15, -0.1) is 0 Å². The molecule has 0 radical (unpaired) electrons. The van der Waals surface area contributed by atoms with Gasteiger partial charge in [0, 0.05) is 24.2 Å². The van der Waals surface area contributed by atoms with E-state index in [4.69, 9.17) is 5.11 Å². The predicted octanol–water partition coefficient (Wildman–Crippen LogP) is 2.29. The first-order valence-electron chi connectivity index (χ1n) is 7.28. The van der Waals surface area contributed by atoms with E-state index in [1.165, 1.54) is 4.90 Å². The van der Waals surface area contributed by atoms with Crippen molar-refractivity contribution in [3.63, 3.8) is 0 Å². The van der Waals surface area contributed by atoms with Crippen LogP contribution in [-0.2, 0) is 0 Å². The molecule has 2 N–H and O–H groups in total. The highest BCUT2D eigenvalue weighted by Crippen LogP contribution is 2.27. The minimum Gasteiger partial charge on any atom is -0.465 e. The fourth-order valence-electron chi connectivity index (χ4n) is 2.86. The lowest BCUT2D eigenvalue weighted by Crippen LogP contribution is -2.37. The number of nitrogens with one attached hydrogen (secondary N) is 1. The number of hydrogen-bond acceptors (Lipinski definition) is 3. The summed E-state index contributed by atoms with van der Waals surface area (Å²) in [6, 6.07) is 11.5. The summed E-state index contributed by atoms with van der Waals surface area (Å²) < 4.78 is 0. The Morgan fingerprint density at radius 2 is 1.91 bits per heavy atom. The molecule has 1 aliphatic heterocycles. The lowest BCUT2D eigenvalue weighted by atomic mass is 9.90. The van der Waals surface area contributed by atoms with Gasteiger partial charge in [0.15, 0.2) is 0 Å². The van der Waals surface area contributed by atoms with Gasteiger partial charge in [0.25, 0.3) is 5.56 Å². The molecule has 6 heteroatoms. The second kappa shape index (κ2) is 6.01. The van der Waals surface area contributed by atoms with Crippen LogP contribution in [0, 0.1) is 0 Å². The molecule has 0 unspecified atom stereocenters. The van der Waals surface area contributed by atoms with Gasteiger partial charge in [-0.05, 0) is 24.8 Å². The van der Waals surface area contributed by atoms with Crippen molar-refractivity contribution in [1.29, 1.82) is 0 Å². The van der Waals surface area contributed by atoms with Crippen LogP contribution in [0.4, 0.5) is 4.79 Å². The monoisotopic (exact) mass is 299 g/mol. The Morgan fingerprint density at radius 1 is 1.23 bits per heavy atom. The van der Waals surface area contributed by atoms with E-state index in [1.54, 1.807) is 0 Å². The van der Waals surface area contributed by atoms with Gasteiger partial charge in [-0.25, -0.2) is 9.89 Å². The quantitative estimate of drug-likeness (QED) is 0.890. The minimum atomic E-state index is -0.896. The smallest absolute Gasteiger partial charge is 0.407 e. The highest BCUT2D eigenvalue weighted by atomic mass is 16.4. The zero-order chi connectivity index (χ0) is 15.5. The van der Waals surface area contributed by atoms with E-state index in [2.05, 4.69) is 10.2 Å². The number of aromatic nitrogens is 2. The van der Waals surface area contributed by atoms with Crippen molar-refractivity contribution < 1.29 is 9.90 Å². The topological polar surface area (TPSA) is 86.3 Å². The molecular formula is C16H17N3O3. The van der Waals surface area contributed by atoms with Crippen molar-refractivity contribution in [3.8, 4) is 11.3 Å². The zero-order valence-electron chi connectivity index (χ0n) is 12.0. The van der Waals surface area contributed by atoms with Crippen molar-refractivity contribution in [3.05, 3.63) is 52.3 Å². The fraction of sp³-hybridized carbons (Fsp3) is 0.312. The maximum Gasteiger partial charge on any atom is 0.407 e. The first-order valence-corrected chi connectivity index (χ1v) is 7.28. The van der Waals surface area contributed by atoms with Gasteiger partial charge < -0.3 is 10.0 Å². The van der Waals surface area contributed by atoms with Gasteiger partial charge in [0.2, 0.25) is 0 Å². The largest absolute Gasteiger partial charge is 0.465 e. The van der Waals surface area contributed by atoms with Crippen molar-refractivity contribution >= 4 is 6.09 Å². The number of hydrogen-bond donors (Lipinski definition) is 2. The number of likely N-dealkylation sites (tertiary alicyclic amines) is 1. The van der Waals surface area contributed by atoms with Crippen molar-refractivity contribution in [1.82, 2.24) is 15.1 Å². The highest BCUT2D eigenvalue weighted by molar-refractivity contribution is 5.65. The molecule has 114 valence electrons. The number of nitrogens with zero attached hydrogens (tertiary/aromatic N) is 2. The van der Waals surface area contributed by atoms with Gasteiger partial charge in [-0.3, -0.25) is 4.79 Å². The number of piperidine rings is 1. The van der Waals surface area contributed by atoms with Gasteiger partial charge in [0.1, 0.15) is 0 Å². The maximum absolute atomic E-state index is 12.1. The van der Waals surface area contributed by atoms with Crippen LogP contribution >= 0.6 is 0 Å². The second-order valence-corrected chi connectivity index (χ2v) is 5.45. The van der Waals surface area contributed by atoms with E-state index >= 15 is 0 Å². The summed E-state index contributed by atoms with van der Waals surface area (Å²) in [5.74, 6) is 0.0739. The summed E-state index contributed by atoms with van der Waals surface area (Å²) >= 11 is 0. The Labute approximate surface area is 127 Å². The summed E-state index contributed by atoms with van der Waals surface area (Å²) in [6.07, 6.45) is 0.424. The van der Waals surface area contributed by atoms with E-state index in [-0.39, 0.29) is 11.5 Å². The molecule has 0 aliphatic carbocycles. The average molecular weight is 299 g/mol. The van der Waals surface area contributed by atoms with E-state index in [0.29, 0.717) is 31.5 Å². The van der Waals surface area contributed by atoms with E-state index in [0.717, 1.165) is 11.3 Å². The molecular weight excluding hydrogens is 282 g/mol. The van der Waals surface area contributed by atoms with Crippen LogP contribution < -0.4 is 5.56 Å². The molecule has 3 rings (SSSR count). The molecule has 1 fully saturated rings. The van der Waals surface area contributed by atoms with E-state index < -0.39 is 6.09 Å². The van der Waals surface area contributed by atoms with Gasteiger partial charge in [-0.1, -0.05) is 30.3 Å². The van der Waals surface area contributed by atoms with Gasteiger partial charge in [-0.2, -0.15) is 5.10 Å². The third-order valence-corrected chi connectivity index (χ3v) is 4.11. The first-order chi connectivity index (χ1) is 10.6. The molecule has 0 bridgehead atoms. The third-order valence-electron chi connectivity index (χ3n) is 4.11. The van der Waals surface area contributed by atoms with Crippen molar-refractivity contribution in [2.75, 3.05) is 13.1 Å². The van der Waals surface area contributed by atoms with Crippen LogP contribution in [0.2, 0.25) is 0 Å². The highest BCUT2D eigenvalue weighted by Gasteiger charge is 2.25. The molecule has 0 spiro atoms. The fourth-order valence-corrected chi connectivity index (χ4v) is 2.86. The van der Waals surface area contributed by atoms with Crippen LogP contribution in [-0.4, -0.2) is 39.4 Å². The van der Waals surface area contributed by atoms with Crippen molar-refractivity contribution in [2.45, 2.75) is 18.8 Å². The van der Waals surface area contributed by atoms with Crippen molar-refractivity contribution in [2.24, 2.45) is 0 Å². The molecule has 22 heavy (non-hydrogen) atoms. The van der Waals surface area contributed by atoms with Crippen LogP contribution in [0.25, 0.3) is 11.3 Å². The molecule has 2 aromatic rings. The van der Waals surface area contributed by atoms with E-state index in [1.807, 2.05) is 36.4 Å². The molecule has 6 nitrogen and oxygen atoms in total. The lowest BCUT2D eigenvalue weighted by Gasteiger charge is -2.29. The Bertz CT molecular complexity index is 719. The van der Waals surface area contributed by atoms with Crippen LogP contribution in [0.15, 0.2) is 41.2 Å². The first kappa shape index (κ1) is 14.3. The number of rotatable bonds is 2. The van der Waals surface area contributed by atoms with Crippen LogP contribution in [0.5, 0.6) is 0 Å². The molecule has 2 heterocycles. The second-order valence-electron chi connectivity index (χ2n) is 5.45. The maximum atomic E-state index is 12.1. The van der Waals surface area contributed by atoms with Gasteiger partial charge in [0.05, 0.1) is 5.69 Å². The molecule has 1 saturated heterocycles. The Kier molecular flexibility index (Phi) is 3.91. The molecule has 1 aliphatic rings. The number of aromatic amines is 1. The van der Waals surface area contributed by atoms with Gasteiger partial charge >= 0.3 is 6.09 Å². The molecule has 0 atom stereocenters. The normalized spacial score (nSPS) is 15.7. The Hall–Kier alpha value is -2.63. The predicted molar refractivity (Wildman–Crippen MR) is 81.9 cm³/mol. The summed E-state index contributed by atoms with van der Waals surface area (Å²) in [7, 11) is 0. The SMILES string of the molecule is O=C(O)N1CCC(c2cc(-c3ccccc3)n[nH]c2=O)CC1. The average Bonchev–Trinajstić information content (AvgIpc) is 2.56. The standard InChI is InChI=1S/C16H17N3O3/c20-15-13(11-6-8-19(9-7-11)16(21)22)10-14(17-18-15)12-4-2-1-3-5-12/h1-5,10-11H,6-9H2,(H,18,20)(H,21,22). The summed E-state index contributed by atoms with van der Waals surface area (Å²) in [4.78, 5) is 24.4.